The van der Waals surface area contributed by atoms with Crippen LogP contribution in [-0.4, -0.2) is 34.7 Å². The van der Waals surface area contributed by atoms with Gasteiger partial charge in [0.15, 0.2) is 0 Å². The highest BCUT2D eigenvalue weighted by atomic mass is 16.2. The van der Waals surface area contributed by atoms with Gasteiger partial charge in [-0.05, 0) is 62.3 Å². The lowest BCUT2D eigenvalue weighted by Crippen LogP contribution is -2.48. The summed E-state index contributed by atoms with van der Waals surface area (Å²) in [5.74, 6) is -1.15. The predicted octanol–water partition coefficient (Wildman–Crippen LogP) is 4.74. The number of benzene rings is 1. The van der Waals surface area contributed by atoms with Crippen LogP contribution in [0.3, 0.4) is 0 Å². The van der Waals surface area contributed by atoms with Crippen molar-refractivity contribution in [3.63, 3.8) is 0 Å². The van der Waals surface area contributed by atoms with E-state index in [2.05, 4.69) is 10.6 Å². The molecule has 3 amide bonds. The molecule has 0 aromatic heterocycles. The number of nitrogens with one attached hydrogen (secondary N) is 2. The molecular weight excluding hydrogens is 402 g/mol. The van der Waals surface area contributed by atoms with Crippen LogP contribution in [0.4, 0.5) is 11.4 Å². The number of nitrogens with zero attached hydrogens (tertiary/aromatic N) is 1. The fraction of sp³-hybridized carbons (Fsp3) is 0.577. The molecule has 2 fully saturated rings. The van der Waals surface area contributed by atoms with Gasteiger partial charge >= 0.3 is 0 Å². The zero-order chi connectivity index (χ0) is 22.7. The minimum absolute atomic E-state index is 0.175. The summed E-state index contributed by atoms with van der Waals surface area (Å²) in [7, 11) is 0. The zero-order valence-corrected chi connectivity index (χ0v) is 19.2. The Hall–Kier alpha value is -2.63. The van der Waals surface area contributed by atoms with Gasteiger partial charge in [0.1, 0.15) is 6.04 Å². The molecule has 1 aliphatic heterocycles. The number of rotatable bonds is 7. The van der Waals surface area contributed by atoms with E-state index in [1.807, 2.05) is 50.3 Å². The Kier molecular flexibility index (Phi) is 6.97. The minimum Gasteiger partial charge on any atom is -0.382 e. The summed E-state index contributed by atoms with van der Waals surface area (Å²) < 4.78 is 0. The van der Waals surface area contributed by atoms with Crippen LogP contribution in [0.5, 0.6) is 0 Å². The number of hydrogen-bond acceptors (Lipinski definition) is 4. The number of amides is 3. The molecule has 172 valence electrons. The average Bonchev–Trinajstić information content (AvgIpc) is 3.04. The highest BCUT2D eigenvalue weighted by Gasteiger charge is 2.51. The van der Waals surface area contributed by atoms with E-state index >= 15 is 0 Å². The molecule has 3 aliphatic rings. The highest BCUT2D eigenvalue weighted by molar-refractivity contribution is 6.10. The second kappa shape index (κ2) is 9.88. The molecule has 1 saturated heterocycles. The van der Waals surface area contributed by atoms with Crippen LogP contribution >= 0.6 is 0 Å². The number of likely N-dealkylation sites (tertiary alicyclic amines) is 1. The second-order valence-electron chi connectivity index (χ2n) is 9.89. The molecule has 0 bridgehead atoms. The monoisotopic (exact) mass is 437 g/mol. The van der Waals surface area contributed by atoms with Gasteiger partial charge < -0.3 is 10.6 Å². The topological polar surface area (TPSA) is 78.5 Å². The highest BCUT2D eigenvalue weighted by Crippen LogP contribution is 2.37. The van der Waals surface area contributed by atoms with Crippen molar-refractivity contribution in [2.75, 3.05) is 10.6 Å². The normalized spacial score (nSPS) is 24.5. The smallest absolute Gasteiger partial charge is 0.247 e. The first-order valence-corrected chi connectivity index (χ1v) is 12.1. The van der Waals surface area contributed by atoms with Crippen LogP contribution in [-0.2, 0) is 14.4 Å². The summed E-state index contributed by atoms with van der Waals surface area (Å²) in [6.07, 6.45) is 11.8. The van der Waals surface area contributed by atoms with Crippen LogP contribution in [0, 0.1) is 17.8 Å². The number of carbonyl (C=O) groups is 3. The third kappa shape index (κ3) is 4.89. The quantitative estimate of drug-likeness (QED) is 0.477. The van der Waals surface area contributed by atoms with Crippen LogP contribution in [0.25, 0.3) is 0 Å². The summed E-state index contributed by atoms with van der Waals surface area (Å²) in [6.45, 7) is 4.01. The Morgan fingerprint density at radius 2 is 1.50 bits per heavy atom. The molecule has 2 N–H and O–H groups in total. The van der Waals surface area contributed by atoms with E-state index in [1.165, 1.54) is 37.0 Å². The van der Waals surface area contributed by atoms with Gasteiger partial charge in [0, 0.05) is 17.4 Å². The maximum absolute atomic E-state index is 13.2. The van der Waals surface area contributed by atoms with Gasteiger partial charge in [0.05, 0.1) is 11.8 Å². The molecule has 3 atom stereocenters. The van der Waals surface area contributed by atoms with Crippen molar-refractivity contribution in [1.82, 2.24) is 4.90 Å². The van der Waals surface area contributed by atoms with Gasteiger partial charge in [-0.2, -0.15) is 0 Å². The molecular formula is C26H35N3O3. The van der Waals surface area contributed by atoms with Gasteiger partial charge in [-0.1, -0.05) is 45.3 Å². The fourth-order valence-corrected chi connectivity index (χ4v) is 5.27. The molecule has 4 rings (SSSR count). The molecule has 1 aromatic carbocycles. The average molecular weight is 438 g/mol. The molecule has 1 saturated carbocycles. The van der Waals surface area contributed by atoms with E-state index in [0.29, 0.717) is 31.0 Å². The molecule has 1 aromatic rings. The Morgan fingerprint density at radius 3 is 2.06 bits per heavy atom. The Bertz CT molecular complexity index is 845. The van der Waals surface area contributed by atoms with Crippen molar-refractivity contribution < 1.29 is 14.4 Å². The number of anilines is 2. The molecule has 32 heavy (non-hydrogen) atoms. The third-order valence-corrected chi connectivity index (χ3v) is 6.98. The molecule has 6 heteroatoms. The number of carbonyl (C=O) groups excluding carboxylic acids is 3. The van der Waals surface area contributed by atoms with E-state index in [4.69, 9.17) is 0 Å². The third-order valence-electron chi connectivity index (χ3n) is 6.98. The standard InChI is InChI=1S/C26H35N3O3/c1-17(2)16-23(29-25(31)21-10-6-7-11-22(21)26(29)32)24(30)28-20-14-12-19(13-15-20)27-18-8-4-3-5-9-18/h6-7,12-15,17-18,21-23,27H,3-5,8-11,16H2,1-2H3,(H,28,30). The molecule has 2 aliphatic carbocycles. The maximum Gasteiger partial charge on any atom is 0.247 e. The van der Waals surface area contributed by atoms with Gasteiger partial charge in [-0.25, -0.2) is 0 Å². The SMILES string of the molecule is CC(C)CC(C(=O)Nc1ccc(NC2CCCCC2)cc1)N1C(=O)C2CC=CCC2C1=O. The zero-order valence-electron chi connectivity index (χ0n) is 19.2. The number of hydrogen-bond donors (Lipinski definition) is 2. The lowest BCUT2D eigenvalue weighted by Gasteiger charge is -2.27. The summed E-state index contributed by atoms with van der Waals surface area (Å²) in [6, 6.07) is 7.47. The van der Waals surface area contributed by atoms with Gasteiger partial charge in [0.2, 0.25) is 17.7 Å². The largest absolute Gasteiger partial charge is 0.382 e. The predicted molar refractivity (Wildman–Crippen MR) is 126 cm³/mol. The first-order valence-electron chi connectivity index (χ1n) is 12.1. The van der Waals surface area contributed by atoms with Gasteiger partial charge in [-0.3, -0.25) is 19.3 Å². The lowest BCUT2D eigenvalue weighted by molar-refractivity contribution is -0.147. The minimum atomic E-state index is -0.777. The van der Waals surface area contributed by atoms with Crippen molar-refractivity contribution in [1.29, 1.82) is 0 Å². The Labute approximate surface area is 190 Å². The summed E-state index contributed by atoms with van der Waals surface area (Å²) in [5.41, 5.74) is 1.73. The van der Waals surface area contributed by atoms with E-state index in [-0.39, 0.29) is 35.5 Å². The summed E-state index contributed by atoms with van der Waals surface area (Å²) in [4.78, 5) is 40.6. The van der Waals surface area contributed by atoms with E-state index in [0.717, 1.165) is 5.69 Å². The second-order valence-corrected chi connectivity index (χ2v) is 9.89. The molecule has 0 radical (unpaired) electrons. The number of fused-ring (bicyclic) bond motifs is 1. The van der Waals surface area contributed by atoms with Crippen molar-refractivity contribution in [2.45, 2.75) is 77.3 Å². The van der Waals surface area contributed by atoms with E-state index in [1.54, 1.807) is 0 Å². The number of imide groups is 1. The van der Waals surface area contributed by atoms with Crippen LogP contribution in [0.15, 0.2) is 36.4 Å². The lowest BCUT2D eigenvalue weighted by atomic mass is 9.85. The number of allylic oxidation sites excluding steroid dienone is 2. The maximum atomic E-state index is 13.2. The van der Waals surface area contributed by atoms with Crippen LogP contribution in [0.2, 0.25) is 0 Å². The van der Waals surface area contributed by atoms with Crippen molar-refractivity contribution in [3.8, 4) is 0 Å². The Balaban J connectivity index is 1.44. The van der Waals surface area contributed by atoms with E-state index in [9.17, 15) is 14.4 Å². The molecule has 3 unspecified atom stereocenters. The van der Waals surface area contributed by atoms with Gasteiger partial charge in [-0.15, -0.1) is 0 Å². The van der Waals surface area contributed by atoms with Crippen molar-refractivity contribution in [2.24, 2.45) is 17.8 Å². The Morgan fingerprint density at radius 1 is 0.938 bits per heavy atom. The molecule has 0 spiro atoms. The van der Waals surface area contributed by atoms with Crippen molar-refractivity contribution in [3.05, 3.63) is 36.4 Å². The van der Waals surface area contributed by atoms with Crippen molar-refractivity contribution >= 4 is 29.1 Å². The molecule has 6 nitrogen and oxygen atoms in total. The van der Waals surface area contributed by atoms with Crippen LogP contribution in [0.1, 0.15) is 65.2 Å². The summed E-state index contributed by atoms with van der Waals surface area (Å²) >= 11 is 0. The van der Waals surface area contributed by atoms with E-state index < -0.39 is 6.04 Å². The van der Waals surface area contributed by atoms with Crippen LogP contribution < -0.4 is 10.6 Å². The first kappa shape index (κ1) is 22.6. The fourth-order valence-electron chi connectivity index (χ4n) is 5.27. The summed E-state index contributed by atoms with van der Waals surface area (Å²) in [5, 5.41) is 6.53. The molecule has 1 heterocycles. The first-order chi connectivity index (χ1) is 15.4. The van der Waals surface area contributed by atoms with Gasteiger partial charge in [0.25, 0.3) is 0 Å².